The van der Waals surface area contributed by atoms with Crippen molar-refractivity contribution in [2.75, 3.05) is 27.3 Å². The highest BCUT2D eigenvalue weighted by molar-refractivity contribution is 14.0. The van der Waals surface area contributed by atoms with Crippen LogP contribution in [0.15, 0.2) is 63.5 Å². The Hall–Kier alpha value is -2.20. The molecule has 0 unspecified atom stereocenters. The molecular weight excluding hydrogens is 513 g/mol. The fourth-order valence-corrected chi connectivity index (χ4v) is 3.55. The summed E-state index contributed by atoms with van der Waals surface area (Å²) in [4.78, 5) is 6.09. The first-order chi connectivity index (χ1) is 14.3. The summed E-state index contributed by atoms with van der Waals surface area (Å²) in [6, 6.07) is 14.0. The maximum Gasteiger partial charge on any atom is 0.191 e. The molecule has 0 aliphatic carbocycles. The molecule has 2 aromatic heterocycles. The number of guanidine groups is 1. The van der Waals surface area contributed by atoms with Crippen LogP contribution in [-0.2, 0) is 19.4 Å². The quantitative estimate of drug-likeness (QED) is 0.225. The summed E-state index contributed by atoms with van der Waals surface area (Å²) >= 11 is 1.77. The van der Waals surface area contributed by atoms with Gasteiger partial charge in [0.15, 0.2) is 17.5 Å². The molecule has 2 N–H and O–H groups in total. The molecule has 0 saturated carbocycles. The molecule has 0 amide bonds. The van der Waals surface area contributed by atoms with Gasteiger partial charge >= 0.3 is 0 Å². The molecule has 162 valence electrons. The zero-order valence-electron chi connectivity index (χ0n) is 17.2. The minimum atomic E-state index is 0. The van der Waals surface area contributed by atoms with E-state index < -0.39 is 0 Å². The number of benzene rings is 1. The van der Waals surface area contributed by atoms with Crippen LogP contribution in [0.3, 0.4) is 0 Å². The van der Waals surface area contributed by atoms with E-state index in [4.69, 9.17) is 18.9 Å². The van der Waals surface area contributed by atoms with Gasteiger partial charge in [-0.3, -0.25) is 0 Å². The molecule has 1 aromatic carbocycles. The Kier molecular flexibility index (Phi) is 10.6. The average molecular weight is 541 g/mol. The number of halogens is 1. The fraction of sp³-hybridized carbons (Fsp3) is 0.318. The minimum Gasteiger partial charge on any atom is -0.493 e. The van der Waals surface area contributed by atoms with Crippen LogP contribution in [0.4, 0.5) is 0 Å². The lowest BCUT2D eigenvalue weighted by Crippen LogP contribution is -2.39. The van der Waals surface area contributed by atoms with Gasteiger partial charge in [-0.1, -0.05) is 12.1 Å². The second-order valence-electron chi connectivity index (χ2n) is 6.37. The Morgan fingerprint density at radius 3 is 2.47 bits per heavy atom. The lowest BCUT2D eigenvalue weighted by Gasteiger charge is -2.13. The Morgan fingerprint density at radius 2 is 1.80 bits per heavy atom. The highest BCUT2D eigenvalue weighted by Gasteiger charge is 2.05. The zero-order chi connectivity index (χ0) is 20.3. The zero-order valence-corrected chi connectivity index (χ0v) is 20.4. The van der Waals surface area contributed by atoms with Crippen LogP contribution < -0.4 is 20.1 Å². The number of furan rings is 1. The van der Waals surface area contributed by atoms with E-state index >= 15 is 0 Å². The van der Waals surface area contributed by atoms with Crippen molar-refractivity contribution in [2.24, 2.45) is 4.99 Å². The second-order valence-corrected chi connectivity index (χ2v) is 7.40. The number of rotatable bonds is 10. The van der Waals surface area contributed by atoms with Crippen molar-refractivity contribution in [3.8, 4) is 11.5 Å². The third-order valence-corrected chi connectivity index (χ3v) is 5.29. The van der Waals surface area contributed by atoms with Crippen molar-refractivity contribution >= 4 is 41.3 Å². The van der Waals surface area contributed by atoms with Crippen LogP contribution in [0.25, 0.3) is 0 Å². The molecule has 8 heteroatoms. The van der Waals surface area contributed by atoms with Crippen LogP contribution in [-0.4, -0.2) is 33.3 Å². The molecule has 0 spiro atoms. The minimum absolute atomic E-state index is 0. The molecule has 0 radical (unpaired) electrons. The number of aliphatic imine (C=N–C) groups is 1. The second kappa shape index (κ2) is 13.2. The van der Waals surface area contributed by atoms with E-state index in [1.165, 1.54) is 4.88 Å². The van der Waals surface area contributed by atoms with E-state index in [2.05, 4.69) is 28.1 Å². The summed E-state index contributed by atoms with van der Waals surface area (Å²) < 4.78 is 16.1. The summed E-state index contributed by atoms with van der Waals surface area (Å²) in [7, 11) is 3.27. The Labute approximate surface area is 198 Å². The number of hydrogen-bond acceptors (Lipinski definition) is 5. The predicted molar refractivity (Wildman–Crippen MR) is 133 cm³/mol. The molecule has 30 heavy (non-hydrogen) atoms. The van der Waals surface area contributed by atoms with E-state index in [0.717, 1.165) is 43.2 Å². The molecule has 0 bridgehead atoms. The molecule has 0 fully saturated rings. The Morgan fingerprint density at radius 1 is 1.00 bits per heavy atom. The first-order valence-electron chi connectivity index (χ1n) is 9.56. The average Bonchev–Trinajstić information content (AvgIpc) is 3.45. The van der Waals surface area contributed by atoms with E-state index in [9.17, 15) is 0 Å². The molecule has 6 nitrogen and oxygen atoms in total. The SMILES string of the molecule is COc1ccc(CN=C(NCCc2ccco2)NCCc2cccs2)cc1OC.I. The van der Waals surface area contributed by atoms with E-state index in [-0.39, 0.29) is 24.0 Å². The summed E-state index contributed by atoms with van der Waals surface area (Å²) in [5.41, 5.74) is 1.05. The lowest BCUT2D eigenvalue weighted by molar-refractivity contribution is 0.354. The standard InChI is InChI=1S/C22H27N3O3S.HI/c1-26-20-8-7-17(15-21(20)27-2)16-25-22(23-11-9-18-5-3-13-28-18)24-12-10-19-6-4-14-29-19;/h3-8,13-15H,9-12,16H2,1-2H3,(H2,23,24,25);1H. The van der Waals surface area contributed by atoms with Crippen molar-refractivity contribution in [3.05, 3.63) is 70.3 Å². The van der Waals surface area contributed by atoms with Gasteiger partial charge in [-0.25, -0.2) is 4.99 Å². The molecular formula is C22H28IN3O3S. The van der Waals surface area contributed by atoms with Crippen molar-refractivity contribution in [3.63, 3.8) is 0 Å². The van der Waals surface area contributed by atoms with Crippen molar-refractivity contribution in [1.29, 1.82) is 0 Å². The monoisotopic (exact) mass is 541 g/mol. The molecule has 0 atom stereocenters. The molecule has 3 aromatic rings. The third-order valence-electron chi connectivity index (χ3n) is 4.36. The van der Waals surface area contributed by atoms with Gasteiger partial charge in [-0.05, 0) is 47.7 Å². The molecule has 3 rings (SSSR count). The summed E-state index contributed by atoms with van der Waals surface area (Å²) in [6.45, 7) is 2.10. The molecule has 0 aliphatic rings. The summed E-state index contributed by atoms with van der Waals surface area (Å²) in [5.74, 6) is 3.16. The first kappa shape index (κ1) is 24.1. The normalized spacial score (nSPS) is 10.9. The van der Waals surface area contributed by atoms with Gasteiger partial charge in [-0.15, -0.1) is 35.3 Å². The fourth-order valence-electron chi connectivity index (χ4n) is 2.84. The maximum absolute atomic E-state index is 5.40. The highest BCUT2D eigenvalue weighted by atomic mass is 127. The number of thiophene rings is 1. The topological polar surface area (TPSA) is 68.0 Å². The van der Waals surface area contributed by atoms with Crippen LogP contribution in [0.5, 0.6) is 11.5 Å². The predicted octanol–water partition coefficient (Wildman–Crippen LogP) is 4.50. The molecule has 2 heterocycles. The molecule has 0 aliphatic heterocycles. The van der Waals surface area contributed by atoms with Crippen molar-refractivity contribution in [1.82, 2.24) is 10.6 Å². The van der Waals surface area contributed by atoms with Crippen LogP contribution in [0.2, 0.25) is 0 Å². The van der Waals surface area contributed by atoms with Gasteiger partial charge in [-0.2, -0.15) is 0 Å². The van der Waals surface area contributed by atoms with Gasteiger partial charge in [0, 0.05) is 24.4 Å². The summed E-state index contributed by atoms with van der Waals surface area (Å²) in [5, 5.41) is 8.90. The van der Waals surface area contributed by atoms with Crippen molar-refractivity contribution in [2.45, 2.75) is 19.4 Å². The number of nitrogens with one attached hydrogen (secondary N) is 2. The van der Waals surface area contributed by atoms with Gasteiger partial charge < -0.3 is 24.5 Å². The van der Waals surface area contributed by atoms with Crippen LogP contribution >= 0.6 is 35.3 Å². The van der Waals surface area contributed by atoms with E-state index in [0.29, 0.717) is 18.0 Å². The number of hydrogen-bond donors (Lipinski definition) is 2. The third kappa shape index (κ3) is 7.56. The Bertz CT molecular complexity index is 841. The maximum atomic E-state index is 5.40. The highest BCUT2D eigenvalue weighted by Crippen LogP contribution is 2.27. The first-order valence-corrected chi connectivity index (χ1v) is 10.4. The Balaban J connectivity index is 0.00000320. The van der Waals surface area contributed by atoms with Crippen LogP contribution in [0.1, 0.15) is 16.2 Å². The number of nitrogens with zero attached hydrogens (tertiary/aromatic N) is 1. The van der Waals surface area contributed by atoms with E-state index in [1.807, 2.05) is 30.3 Å². The van der Waals surface area contributed by atoms with Crippen LogP contribution in [0, 0.1) is 0 Å². The smallest absolute Gasteiger partial charge is 0.191 e. The largest absolute Gasteiger partial charge is 0.493 e. The van der Waals surface area contributed by atoms with E-state index in [1.54, 1.807) is 31.8 Å². The van der Waals surface area contributed by atoms with Gasteiger partial charge in [0.2, 0.25) is 0 Å². The van der Waals surface area contributed by atoms with Crippen molar-refractivity contribution < 1.29 is 13.9 Å². The lowest BCUT2D eigenvalue weighted by atomic mass is 10.2. The van der Waals surface area contributed by atoms with Gasteiger partial charge in [0.1, 0.15) is 5.76 Å². The number of ether oxygens (including phenoxy) is 2. The summed E-state index contributed by atoms with van der Waals surface area (Å²) in [6.07, 6.45) is 3.46. The van der Waals surface area contributed by atoms with Gasteiger partial charge in [0.05, 0.1) is 27.0 Å². The molecule has 0 saturated heterocycles. The number of methoxy groups -OCH3 is 2. The van der Waals surface area contributed by atoms with Gasteiger partial charge in [0.25, 0.3) is 0 Å².